The molecule has 0 unspecified atom stereocenters. The molecule has 0 radical (unpaired) electrons. The van der Waals surface area contributed by atoms with Crippen molar-refractivity contribution in [2.75, 3.05) is 6.61 Å². The first-order valence-corrected chi connectivity index (χ1v) is 8.83. The van der Waals surface area contributed by atoms with Crippen LogP contribution in [0, 0.1) is 7.14 Å². The number of carboxylic acids is 1. The lowest BCUT2D eigenvalue weighted by Crippen LogP contribution is -2.17. The Hall–Kier alpha value is -0.400. The molecule has 21 heavy (non-hydrogen) atoms. The van der Waals surface area contributed by atoms with E-state index in [2.05, 4.69) is 50.5 Å². The Morgan fingerprint density at radius 2 is 2.05 bits per heavy atom. The number of carbonyl (C=O) groups excluding carboxylic acids is 1. The van der Waals surface area contributed by atoms with Gasteiger partial charge in [0.1, 0.15) is 10.1 Å². The number of carbonyl (C=O) groups is 2. The number of amides is 1. The number of nitrogens with one attached hydrogen (secondary N) is 1. The van der Waals surface area contributed by atoms with Crippen molar-refractivity contribution in [2.24, 2.45) is 0 Å². The third-order valence-electron chi connectivity index (χ3n) is 2.30. The van der Waals surface area contributed by atoms with Gasteiger partial charge in [0.15, 0.2) is 6.61 Å². The predicted octanol–water partition coefficient (Wildman–Crippen LogP) is 2.85. The molecule has 0 aromatic heterocycles. The molecule has 5 nitrogen and oxygen atoms in total. The number of aliphatic carboxylic acids is 1. The summed E-state index contributed by atoms with van der Waals surface area (Å²) in [6, 6.07) is 3.64. The summed E-state index contributed by atoms with van der Waals surface area (Å²) in [5, 5.41) is 11.2. The molecule has 1 heterocycles. The van der Waals surface area contributed by atoms with E-state index in [9.17, 15) is 9.59 Å². The smallest absolute Gasteiger partial charge is 0.341 e. The molecule has 0 atom stereocenters. The highest BCUT2D eigenvalue weighted by Gasteiger charge is 2.22. The second-order valence-electron chi connectivity index (χ2n) is 3.85. The zero-order chi connectivity index (χ0) is 15.6. The fraction of sp³-hybridized carbons (Fsp3) is 0.0833. The average Bonchev–Trinajstić information content (AvgIpc) is 2.66. The van der Waals surface area contributed by atoms with Crippen LogP contribution in [0.25, 0.3) is 6.08 Å². The normalized spacial score (nSPS) is 16.2. The van der Waals surface area contributed by atoms with E-state index in [1.54, 1.807) is 6.08 Å². The summed E-state index contributed by atoms with van der Waals surface area (Å²) in [4.78, 5) is 22.7. The topological polar surface area (TPSA) is 75.6 Å². The van der Waals surface area contributed by atoms with E-state index < -0.39 is 5.97 Å². The summed E-state index contributed by atoms with van der Waals surface area (Å²) in [7, 11) is 0. The molecule has 0 saturated carbocycles. The van der Waals surface area contributed by atoms with Gasteiger partial charge in [-0.25, -0.2) is 4.79 Å². The standard InChI is InChI=1S/C12H7I2NO4S2/c13-6-1-5(3-8-11(18)15-12(20)21-8)2-7(14)10(6)19-4-9(16)17/h1-3H,4H2,(H,16,17)(H,15,18,20)/b8-3+. The third kappa shape index (κ3) is 4.53. The minimum Gasteiger partial charge on any atom is -0.480 e. The number of hydrogen-bond acceptors (Lipinski definition) is 5. The van der Waals surface area contributed by atoms with Crippen molar-refractivity contribution in [1.29, 1.82) is 0 Å². The molecule has 1 aliphatic rings. The molecule has 2 rings (SSSR count). The maximum Gasteiger partial charge on any atom is 0.341 e. The predicted molar refractivity (Wildman–Crippen MR) is 101 cm³/mol. The number of ether oxygens (including phenoxy) is 1. The fourth-order valence-electron chi connectivity index (χ4n) is 1.51. The van der Waals surface area contributed by atoms with Gasteiger partial charge in [-0.3, -0.25) is 4.79 Å². The lowest BCUT2D eigenvalue weighted by molar-refractivity contribution is -0.139. The zero-order valence-electron chi connectivity index (χ0n) is 10.2. The van der Waals surface area contributed by atoms with E-state index in [0.717, 1.165) is 12.7 Å². The maximum atomic E-state index is 11.6. The van der Waals surface area contributed by atoms with Crippen LogP contribution in [0.3, 0.4) is 0 Å². The number of thioether (sulfide) groups is 1. The Morgan fingerprint density at radius 1 is 1.43 bits per heavy atom. The number of hydrogen-bond donors (Lipinski definition) is 2. The number of benzene rings is 1. The van der Waals surface area contributed by atoms with Crippen molar-refractivity contribution < 1.29 is 19.4 Å². The van der Waals surface area contributed by atoms with E-state index in [-0.39, 0.29) is 12.5 Å². The molecule has 1 aliphatic heterocycles. The van der Waals surface area contributed by atoms with Crippen LogP contribution in [0.5, 0.6) is 5.75 Å². The molecule has 110 valence electrons. The third-order valence-corrected chi connectivity index (χ3v) is 5.07. The van der Waals surface area contributed by atoms with Crippen LogP contribution in [-0.2, 0) is 9.59 Å². The van der Waals surface area contributed by atoms with Crippen molar-refractivity contribution in [2.45, 2.75) is 0 Å². The van der Waals surface area contributed by atoms with Gasteiger partial charge in [-0.15, -0.1) is 0 Å². The highest BCUT2D eigenvalue weighted by molar-refractivity contribution is 14.1. The van der Waals surface area contributed by atoms with Crippen molar-refractivity contribution >= 4 is 91.4 Å². The maximum absolute atomic E-state index is 11.6. The molecule has 1 aromatic carbocycles. The molecular weight excluding hydrogens is 540 g/mol. The van der Waals surface area contributed by atoms with Gasteiger partial charge in [-0.2, -0.15) is 0 Å². The van der Waals surface area contributed by atoms with Crippen LogP contribution in [0.2, 0.25) is 0 Å². The second-order valence-corrected chi connectivity index (χ2v) is 7.89. The fourth-order valence-corrected chi connectivity index (χ4v) is 4.68. The molecule has 1 aromatic rings. The number of halogens is 2. The minimum absolute atomic E-state index is 0.207. The van der Waals surface area contributed by atoms with Gasteiger partial charge in [0.05, 0.1) is 12.0 Å². The quantitative estimate of drug-likeness (QED) is 0.344. The summed E-state index contributed by atoms with van der Waals surface area (Å²) in [5.41, 5.74) is 0.828. The first kappa shape index (κ1) is 17.0. The summed E-state index contributed by atoms with van der Waals surface area (Å²) in [6.45, 7) is -0.390. The van der Waals surface area contributed by atoms with Crippen molar-refractivity contribution in [3.8, 4) is 5.75 Å². The number of thiocarbonyl (C=S) groups is 1. The van der Waals surface area contributed by atoms with E-state index in [1.807, 2.05) is 12.1 Å². The largest absolute Gasteiger partial charge is 0.480 e. The van der Waals surface area contributed by atoms with Crippen molar-refractivity contribution in [3.63, 3.8) is 0 Å². The number of rotatable bonds is 4. The Morgan fingerprint density at radius 3 is 2.52 bits per heavy atom. The Labute approximate surface area is 157 Å². The molecule has 0 bridgehead atoms. The van der Waals surface area contributed by atoms with Gasteiger partial charge in [0, 0.05) is 0 Å². The summed E-state index contributed by atoms with van der Waals surface area (Å²) in [6.07, 6.45) is 1.74. The van der Waals surface area contributed by atoms with Crippen LogP contribution in [0.4, 0.5) is 0 Å². The molecule has 1 saturated heterocycles. The minimum atomic E-state index is -1.03. The van der Waals surface area contributed by atoms with E-state index >= 15 is 0 Å². The van der Waals surface area contributed by atoms with Gasteiger partial charge in [-0.05, 0) is 69.0 Å². The van der Waals surface area contributed by atoms with Crippen LogP contribution < -0.4 is 10.1 Å². The highest BCUT2D eigenvalue weighted by atomic mass is 127. The first-order valence-electron chi connectivity index (χ1n) is 5.45. The molecule has 1 fully saturated rings. The van der Waals surface area contributed by atoms with E-state index in [1.165, 1.54) is 11.8 Å². The molecule has 0 aliphatic carbocycles. The molecular formula is C12H7I2NO4S2. The zero-order valence-corrected chi connectivity index (χ0v) is 16.1. The monoisotopic (exact) mass is 547 g/mol. The Balaban J connectivity index is 2.27. The van der Waals surface area contributed by atoms with Crippen molar-refractivity contribution in [1.82, 2.24) is 5.32 Å². The summed E-state index contributed by atoms with van der Waals surface area (Å²) >= 11 is 10.3. The molecule has 1 amide bonds. The van der Waals surface area contributed by atoms with Gasteiger partial charge in [-0.1, -0.05) is 24.0 Å². The van der Waals surface area contributed by atoms with Crippen LogP contribution in [0.1, 0.15) is 5.56 Å². The highest BCUT2D eigenvalue weighted by Crippen LogP contribution is 2.32. The number of carboxylic acid groups (broad SMARTS) is 1. The Kier molecular flexibility index (Phi) is 5.85. The Bertz CT molecular complexity index is 652. The van der Waals surface area contributed by atoms with E-state index in [0.29, 0.717) is 15.0 Å². The van der Waals surface area contributed by atoms with Gasteiger partial charge < -0.3 is 15.2 Å². The average molecular weight is 547 g/mol. The van der Waals surface area contributed by atoms with Crippen molar-refractivity contribution in [3.05, 3.63) is 29.7 Å². The van der Waals surface area contributed by atoms with Crippen LogP contribution in [0.15, 0.2) is 17.0 Å². The SMILES string of the molecule is O=C(O)COc1c(I)cc(/C=C2/SC(=S)NC2=O)cc1I. The first-order chi connectivity index (χ1) is 9.86. The van der Waals surface area contributed by atoms with E-state index in [4.69, 9.17) is 22.1 Å². The summed E-state index contributed by atoms with van der Waals surface area (Å²) in [5.74, 6) is -0.707. The van der Waals surface area contributed by atoms with Crippen LogP contribution >= 0.6 is 69.2 Å². The van der Waals surface area contributed by atoms with Gasteiger partial charge >= 0.3 is 5.97 Å². The molecule has 2 N–H and O–H groups in total. The van der Waals surface area contributed by atoms with Gasteiger partial charge in [0.25, 0.3) is 5.91 Å². The lowest BCUT2D eigenvalue weighted by Gasteiger charge is -2.09. The second kappa shape index (κ2) is 7.24. The molecule has 0 spiro atoms. The van der Waals surface area contributed by atoms with Gasteiger partial charge in [0.2, 0.25) is 0 Å². The molecule has 9 heteroatoms. The lowest BCUT2D eigenvalue weighted by atomic mass is 10.2. The summed E-state index contributed by atoms with van der Waals surface area (Å²) < 4.78 is 7.25. The van der Waals surface area contributed by atoms with Crippen LogP contribution in [-0.4, -0.2) is 27.9 Å².